The first-order valence-corrected chi connectivity index (χ1v) is 10.8. The summed E-state index contributed by atoms with van der Waals surface area (Å²) >= 11 is 0. The van der Waals surface area contributed by atoms with E-state index in [1.165, 1.54) is 0 Å². The molecule has 1 N–H and O–H groups in total. The van der Waals surface area contributed by atoms with E-state index in [1.54, 1.807) is 7.11 Å². The molecule has 6 nitrogen and oxygen atoms in total. The van der Waals surface area contributed by atoms with Crippen LogP contribution in [0, 0.1) is 0 Å². The number of aromatic nitrogens is 1. The number of hydrogen-bond donors (Lipinski definition) is 1. The average molecular weight is 434 g/mol. The van der Waals surface area contributed by atoms with Crippen LogP contribution in [0.15, 0.2) is 66.7 Å². The van der Waals surface area contributed by atoms with E-state index >= 15 is 0 Å². The summed E-state index contributed by atoms with van der Waals surface area (Å²) in [7, 11) is 1.64. The second kappa shape index (κ2) is 10.1. The van der Waals surface area contributed by atoms with Crippen molar-refractivity contribution in [1.82, 2.24) is 4.57 Å². The third kappa shape index (κ3) is 4.97. The van der Waals surface area contributed by atoms with E-state index in [4.69, 9.17) is 19.3 Å². The first kappa shape index (κ1) is 21.6. The molecule has 6 heteroatoms. The van der Waals surface area contributed by atoms with Crippen molar-refractivity contribution in [2.45, 2.75) is 25.8 Å². The number of ether oxygens (including phenoxy) is 3. The molecule has 1 aromatic heterocycles. The smallest absolute Gasteiger partial charge is 0.305 e. The van der Waals surface area contributed by atoms with Crippen molar-refractivity contribution in [3.05, 3.63) is 66.7 Å². The van der Waals surface area contributed by atoms with E-state index in [1.807, 2.05) is 54.6 Å². The van der Waals surface area contributed by atoms with Gasteiger partial charge in [-0.15, -0.1) is 0 Å². The number of rotatable bonds is 11. The quantitative estimate of drug-likeness (QED) is 0.316. The zero-order valence-corrected chi connectivity index (χ0v) is 18.1. The highest BCUT2D eigenvalue weighted by molar-refractivity contribution is 6.08. The molecule has 0 saturated heterocycles. The summed E-state index contributed by atoms with van der Waals surface area (Å²) in [5.74, 6) is 1.55. The van der Waals surface area contributed by atoms with Crippen LogP contribution >= 0.6 is 0 Å². The lowest BCUT2D eigenvalue weighted by atomic mass is 10.1. The normalized spacial score (nSPS) is 11.0. The lowest BCUT2D eigenvalue weighted by molar-refractivity contribution is -0.137. The van der Waals surface area contributed by atoms with Crippen molar-refractivity contribution in [1.29, 1.82) is 0 Å². The number of unbranched alkanes of at least 4 members (excludes halogenated alkanes) is 1. The Bertz CT molecular complexity index is 1210. The highest BCUT2D eigenvalue weighted by atomic mass is 16.5. The van der Waals surface area contributed by atoms with E-state index < -0.39 is 5.97 Å². The maximum atomic E-state index is 11.1. The zero-order chi connectivity index (χ0) is 22.3. The number of para-hydroxylation sites is 1. The van der Waals surface area contributed by atoms with Gasteiger partial charge in [0.1, 0.15) is 17.2 Å². The molecule has 3 aromatic carbocycles. The molecule has 0 bridgehead atoms. The summed E-state index contributed by atoms with van der Waals surface area (Å²) < 4.78 is 19.0. The fourth-order valence-electron chi connectivity index (χ4n) is 3.84. The lowest BCUT2D eigenvalue weighted by Crippen LogP contribution is -2.05. The number of carbonyl (C=O) groups is 1. The van der Waals surface area contributed by atoms with Crippen molar-refractivity contribution >= 4 is 27.8 Å². The largest absolute Gasteiger partial charge is 0.497 e. The summed E-state index contributed by atoms with van der Waals surface area (Å²) in [6.07, 6.45) is 1.81. The minimum Gasteiger partial charge on any atom is -0.497 e. The second-order valence-electron chi connectivity index (χ2n) is 7.57. The van der Waals surface area contributed by atoms with Gasteiger partial charge in [-0.3, -0.25) is 4.79 Å². The van der Waals surface area contributed by atoms with Crippen LogP contribution in [0.3, 0.4) is 0 Å². The molecule has 0 aliphatic rings. The third-order valence-corrected chi connectivity index (χ3v) is 5.41. The monoisotopic (exact) mass is 433 g/mol. The molecule has 1 heterocycles. The molecule has 0 aliphatic carbocycles. The van der Waals surface area contributed by atoms with Crippen LogP contribution in [0.1, 0.15) is 19.3 Å². The molecule has 0 atom stereocenters. The molecule has 0 radical (unpaired) electrons. The van der Waals surface area contributed by atoms with Gasteiger partial charge in [-0.1, -0.05) is 24.3 Å². The predicted octanol–water partition coefficient (Wildman–Crippen LogP) is 5.52. The SMILES string of the molecule is COc1cccc(OCCCCOc2ccc3c4ccccc4n(CCC(=O)O)c3c2)c1. The molecular weight excluding hydrogens is 406 g/mol. The van der Waals surface area contributed by atoms with E-state index in [9.17, 15) is 4.79 Å². The Kier molecular flexibility index (Phi) is 6.80. The van der Waals surface area contributed by atoms with Gasteiger partial charge >= 0.3 is 5.97 Å². The summed E-state index contributed by atoms with van der Waals surface area (Å²) in [5.41, 5.74) is 2.03. The second-order valence-corrected chi connectivity index (χ2v) is 7.57. The Balaban J connectivity index is 1.36. The van der Waals surface area contributed by atoms with Gasteiger partial charge in [0.2, 0.25) is 0 Å². The maximum absolute atomic E-state index is 11.1. The number of methoxy groups -OCH3 is 1. The molecule has 0 unspecified atom stereocenters. The predicted molar refractivity (Wildman–Crippen MR) is 125 cm³/mol. The maximum Gasteiger partial charge on any atom is 0.305 e. The number of nitrogens with zero attached hydrogens (tertiary/aromatic N) is 1. The number of aliphatic carboxylic acids is 1. The Morgan fingerprint density at radius 2 is 1.50 bits per heavy atom. The Morgan fingerprint density at radius 3 is 2.25 bits per heavy atom. The van der Waals surface area contributed by atoms with Gasteiger partial charge in [-0.05, 0) is 43.2 Å². The number of aryl methyl sites for hydroxylation is 1. The number of carboxylic acids is 1. The van der Waals surface area contributed by atoms with E-state index in [0.717, 1.165) is 51.9 Å². The van der Waals surface area contributed by atoms with Gasteiger partial charge in [0.25, 0.3) is 0 Å². The van der Waals surface area contributed by atoms with Crippen LogP contribution in [-0.4, -0.2) is 36.0 Å². The standard InChI is InChI=1S/C26H27NO5/c1-30-19-7-6-8-20(17-19)31-15-4-5-16-32-21-11-12-23-22-9-2-3-10-24(22)27(25(23)18-21)14-13-26(28)29/h2-3,6-12,17-18H,4-5,13-16H2,1H3,(H,28,29). The molecule has 166 valence electrons. The first-order valence-electron chi connectivity index (χ1n) is 10.8. The Morgan fingerprint density at radius 1 is 0.812 bits per heavy atom. The van der Waals surface area contributed by atoms with Gasteiger partial charge < -0.3 is 23.9 Å². The summed E-state index contributed by atoms with van der Waals surface area (Å²) in [5, 5.41) is 11.4. The minimum atomic E-state index is -0.806. The van der Waals surface area contributed by atoms with Crippen molar-refractivity contribution in [3.63, 3.8) is 0 Å². The van der Waals surface area contributed by atoms with E-state index in [0.29, 0.717) is 19.8 Å². The van der Waals surface area contributed by atoms with Crippen LogP contribution in [0.5, 0.6) is 17.2 Å². The molecule has 0 aliphatic heterocycles. The van der Waals surface area contributed by atoms with Gasteiger partial charge in [0, 0.05) is 35.0 Å². The molecule has 0 amide bonds. The van der Waals surface area contributed by atoms with Crippen molar-refractivity contribution in [2.24, 2.45) is 0 Å². The highest BCUT2D eigenvalue weighted by Gasteiger charge is 2.12. The topological polar surface area (TPSA) is 69.9 Å². The van der Waals surface area contributed by atoms with E-state index in [2.05, 4.69) is 16.7 Å². The molecular formula is C26H27NO5. The summed E-state index contributed by atoms with van der Waals surface area (Å²) in [6.45, 7) is 1.62. The molecule has 4 rings (SSSR count). The van der Waals surface area contributed by atoms with Crippen molar-refractivity contribution in [2.75, 3.05) is 20.3 Å². The Labute approximate surface area is 186 Å². The van der Waals surface area contributed by atoms with E-state index in [-0.39, 0.29) is 6.42 Å². The zero-order valence-electron chi connectivity index (χ0n) is 18.1. The number of benzene rings is 3. The number of fused-ring (bicyclic) bond motifs is 3. The van der Waals surface area contributed by atoms with Crippen LogP contribution < -0.4 is 14.2 Å². The van der Waals surface area contributed by atoms with Crippen molar-refractivity contribution < 1.29 is 24.1 Å². The van der Waals surface area contributed by atoms with Gasteiger partial charge in [-0.2, -0.15) is 0 Å². The summed E-state index contributed by atoms with van der Waals surface area (Å²) in [6, 6.07) is 21.7. The van der Waals surface area contributed by atoms with Crippen LogP contribution in [0.25, 0.3) is 21.8 Å². The summed E-state index contributed by atoms with van der Waals surface area (Å²) in [4.78, 5) is 11.1. The number of hydrogen-bond acceptors (Lipinski definition) is 4. The van der Waals surface area contributed by atoms with Crippen molar-refractivity contribution in [3.8, 4) is 17.2 Å². The molecule has 0 saturated carbocycles. The van der Waals surface area contributed by atoms with Gasteiger partial charge in [-0.25, -0.2) is 0 Å². The molecule has 4 aromatic rings. The average Bonchev–Trinajstić information content (AvgIpc) is 3.13. The fraction of sp³-hybridized carbons (Fsp3) is 0.269. The molecule has 32 heavy (non-hydrogen) atoms. The number of carboxylic acid groups (broad SMARTS) is 1. The minimum absolute atomic E-state index is 0.0755. The first-order chi connectivity index (χ1) is 15.7. The van der Waals surface area contributed by atoms with Crippen LogP contribution in [0.2, 0.25) is 0 Å². The highest BCUT2D eigenvalue weighted by Crippen LogP contribution is 2.32. The fourth-order valence-corrected chi connectivity index (χ4v) is 3.84. The third-order valence-electron chi connectivity index (χ3n) is 5.41. The van der Waals surface area contributed by atoms with Crippen LogP contribution in [0.4, 0.5) is 0 Å². The lowest BCUT2D eigenvalue weighted by Gasteiger charge is -2.10. The molecule has 0 spiro atoms. The van der Waals surface area contributed by atoms with Gasteiger partial charge in [0.05, 0.1) is 32.3 Å². The van der Waals surface area contributed by atoms with Crippen LogP contribution in [-0.2, 0) is 11.3 Å². The Hall–Kier alpha value is -3.67. The van der Waals surface area contributed by atoms with Gasteiger partial charge in [0.15, 0.2) is 0 Å². The molecule has 0 fully saturated rings.